The van der Waals surface area contributed by atoms with Crippen LogP contribution in [0.3, 0.4) is 0 Å². The second-order valence-corrected chi connectivity index (χ2v) is 6.70. The van der Waals surface area contributed by atoms with Crippen LogP contribution in [-0.2, 0) is 0 Å². The molecule has 1 aliphatic heterocycles. The van der Waals surface area contributed by atoms with Crippen molar-refractivity contribution in [3.63, 3.8) is 0 Å². The summed E-state index contributed by atoms with van der Waals surface area (Å²) in [5.74, 6) is 0.597. The second kappa shape index (κ2) is 6.89. The largest absolute Gasteiger partial charge is 0.314 e. The zero-order valence-electron chi connectivity index (χ0n) is 12.9. The third-order valence-corrected chi connectivity index (χ3v) is 5.25. The van der Waals surface area contributed by atoms with Crippen molar-refractivity contribution in [2.75, 3.05) is 6.54 Å². The molecular formula is C18H27FN2. The summed E-state index contributed by atoms with van der Waals surface area (Å²) in [5, 5.41) is 7.48. The average molecular weight is 290 g/mol. The summed E-state index contributed by atoms with van der Waals surface area (Å²) in [4.78, 5) is 0. The Kier molecular flexibility index (Phi) is 4.91. The van der Waals surface area contributed by atoms with Crippen LogP contribution in [0.15, 0.2) is 24.3 Å². The Bertz CT molecular complexity index is 456. The van der Waals surface area contributed by atoms with Crippen molar-refractivity contribution in [3.05, 3.63) is 35.6 Å². The second-order valence-electron chi connectivity index (χ2n) is 6.70. The Morgan fingerprint density at radius 3 is 2.86 bits per heavy atom. The number of hydrogen-bond donors (Lipinski definition) is 2. The maximum atomic E-state index is 13.4. The highest BCUT2D eigenvalue weighted by Gasteiger charge is 2.34. The van der Waals surface area contributed by atoms with Crippen molar-refractivity contribution in [2.45, 2.75) is 63.6 Å². The summed E-state index contributed by atoms with van der Waals surface area (Å²) in [5.41, 5.74) is 1.05. The van der Waals surface area contributed by atoms with E-state index in [0.29, 0.717) is 12.1 Å². The minimum Gasteiger partial charge on any atom is -0.314 e. The Hall–Kier alpha value is -0.930. The molecule has 116 valence electrons. The minimum atomic E-state index is -0.141. The van der Waals surface area contributed by atoms with Crippen LogP contribution in [0.4, 0.5) is 4.39 Å². The van der Waals surface area contributed by atoms with Gasteiger partial charge in [-0.15, -0.1) is 0 Å². The molecule has 2 aliphatic rings. The van der Waals surface area contributed by atoms with Crippen molar-refractivity contribution in [1.29, 1.82) is 0 Å². The fourth-order valence-electron chi connectivity index (χ4n) is 4.11. The molecule has 1 heterocycles. The lowest BCUT2D eigenvalue weighted by atomic mass is 9.88. The first-order valence-corrected chi connectivity index (χ1v) is 8.49. The predicted octanol–water partition coefficient (Wildman–Crippen LogP) is 3.79. The summed E-state index contributed by atoms with van der Waals surface area (Å²) >= 11 is 0. The normalized spacial score (nSPS) is 31.2. The quantitative estimate of drug-likeness (QED) is 0.881. The zero-order chi connectivity index (χ0) is 14.7. The van der Waals surface area contributed by atoms with Crippen molar-refractivity contribution in [1.82, 2.24) is 10.6 Å². The number of rotatable bonds is 4. The van der Waals surface area contributed by atoms with Crippen LogP contribution in [-0.4, -0.2) is 18.6 Å². The molecule has 0 radical (unpaired) electrons. The van der Waals surface area contributed by atoms with Gasteiger partial charge in [-0.2, -0.15) is 0 Å². The highest BCUT2D eigenvalue weighted by atomic mass is 19.1. The molecule has 1 saturated heterocycles. The average Bonchev–Trinajstić information content (AvgIpc) is 2.96. The van der Waals surface area contributed by atoms with Crippen LogP contribution in [0.2, 0.25) is 0 Å². The summed E-state index contributed by atoms with van der Waals surface area (Å²) in [7, 11) is 0. The molecule has 2 fully saturated rings. The molecule has 1 aromatic rings. The predicted molar refractivity (Wildman–Crippen MR) is 84.7 cm³/mol. The number of nitrogens with one attached hydrogen (secondary N) is 2. The van der Waals surface area contributed by atoms with E-state index in [1.807, 2.05) is 6.07 Å². The van der Waals surface area contributed by atoms with Crippen LogP contribution in [0.25, 0.3) is 0 Å². The van der Waals surface area contributed by atoms with E-state index in [9.17, 15) is 4.39 Å². The van der Waals surface area contributed by atoms with Gasteiger partial charge in [0.05, 0.1) is 0 Å². The van der Waals surface area contributed by atoms with Crippen LogP contribution < -0.4 is 10.6 Å². The summed E-state index contributed by atoms with van der Waals surface area (Å²) in [6.45, 7) is 3.33. The molecule has 21 heavy (non-hydrogen) atoms. The molecule has 0 spiro atoms. The van der Waals surface area contributed by atoms with Gasteiger partial charge in [0.25, 0.3) is 0 Å². The van der Waals surface area contributed by atoms with Gasteiger partial charge in [0.15, 0.2) is 0 Å². The lowest BCUT2D eigenvalue weighted by Crippen LogP contribution is -2.47. The van der Waals surface area contributed by atoms with Crippen molar-refractivity contribution < 1.29 is 4.39 Å². The molecule has 2 N–H and O–H groups in total. The highest BCUT2D eigenvalue weighted by Crippen LogP contribution is 2.33. The molecule has 2 nitrogen and oxygen atoms in total. The van der Waals surface area contributed by atoms with Gasteiger partial charge in [0.1, 0.15) is 5.82 Å². The first-order valence-electron chi connectivity index (χ1n) is 8.49. The van der Waals surface area contributed by atoms with Crippen LogP contribution in [0.1, 0.15) is 57.1 Å². The van der Waals surface area contributed by atoms with Crippen LogP contribution >= 0.6 is 0 Å². The first kappa shape index (κ1) is 15.0. The molecule has 0 amide bonds. The van der Waals surface area contributed by atoms with E-state index in [0.717, 1.165) is 11.5 Å². The minimum absolute atomic E-state index is 0.141. The molecule has 0 bridgehead atoms. The fraction of sp³-hybridized carbons (Fsp3) is 0.667. The van der Waals surface area contributed by atoms with E-state index in [4.69, 9.17) is 0 Å². The van der Waals surface area contributed by atoms with Gasteiger partial charge in [-0.05, 0) is 62.8 Å². The van der Waals surface area contributed by atoms with Gasteiger partial charge in [0.2, 0.25) is 0 Å². The Morgan fingerprint density at radius 1 is 1.19 bits per heavy atom. The van der Waals surface area contributed by atoms with E-state index in [2.05, 4.69) is 17.6 Å². The monoisotopic (exact) mass is 290 g/mol. The molecule has 3 rings (SSSR count). The van der Waals surface area contributed by atoms with Crippen molar-refractivity contribution >= 4 is 0 Å². The number of hydrogen-bond acceptors (Lipinski definition) is 2. The number of benzene rings is 1. The third kappa shape index (κ3) is 3.64. The van der Waals surface area contributed by atoms with Crippen LogP contribution in [0.5, 0.6) is 0 Å². The molecule has 1 aliphatic carbocycles. The SMILES string of the molecule is C[C@H](NC1CCCC1C1CCCCN1)c1cccc(F)c1. The highest BCUT2D eigenvalue weighted by molar-refractivity contribution is 5.19. The molecule has 3 heteroatoms. The van der Waals surface area contributed by atoms with E-state index >= 15 is 0 Å². The molecule has 1 aromatic carbocycles. The molecule has 0 aromatic heterocycles. The number of piperidine rings is 1. The van der Waals surface area contributed by atoms with Crippen molar-refractivity contribution in [3.8, 4) is 0 Å². The topological polar surface area (TPSA) is 24.1 Å². The standard InChI is InChI=1S/C18H27FN2/c1-13(14-6-4-7-15(19)12-14)21-18-10-5-8-16(18)17-9-2-3-11-20-17/h4,6-7,12-13,16-18,20-21H,2-3,5,8-11H2,1H3/t13-,16?,17?,18?/m0/s1. The maximum Gasteiger partial charge on any atom is 0.123 e. The number of halogens is 1. The third-order valence-electron chi connectivity index (χ3n) is 5.25. The maximum absolute atomic E-state index is 13.4. The van der Waals surface area contributed by atoms with E-state index in [1.165, 1.54) is 51.1 Å². The van der Waals surface area contributed by atoms with Gasteiger partial charge in [0, 0.05) is 18.1 Å². The molecule has 1 saturated carbocycles. The summed E-state index contributed by atoms with van der Waals surface area (Å²) < 4.78 is 13.4. The Balaban J connectivity index is 1.62. The smallest absolute Gasteiger partial charge is 0.123 e. The van der Waals surface area contributed by atoms with E-state index < -0.39 is 0 Å². The molecule has 3 unspecified atom stereocenters. The van der Waals surface area contributed by atoms with Gasteiger partial charge in [-0.3, -0.25) is 0 Å². The van der Waals surface area contributed by atoms with E-state index in [-0.39, 0.29) is 11.9 Å². The fourth-order valence-corrected chi connectivity index (χ4v) is 4.11. The molecular weight excluding hydrogens is 263 g/mol. The summed E-state index contributed by atoms with van der Waals surface area (Å²) in [6.07, 6.45) is 7.89. The van der Waals surface area contributed by atoms with Crippen LogP contribution in [0, 0.1) is 11.7 Å². The zero-order valence-corrected chi connectivity index (χ0v) is 12.9. The van der Waals surface area contributed by atoms with Gasteiger partial charge < -0.3 is 10.6 Å². The Morgan fingerprint density at radius 2 is 2.10 bits per heavy atom. The lowest BCUT2D eigenvalue weighted by Gasteiger charge is -2.34. The van der Waals surface area contributed by atoms with Crippen molar-refractivity contribution in [2.24, 2.45) is 5.92 Å². The molecule has 4 atom stereocenters. The van der Waals surface area contributed by atoms with Gasteiger partial charge >= 0.3 is 0 Å². The lowest BCUT2D eigenvalue weighted by molar-refractivity contribution is 0.248. The van der Waals surface area contributed by atoms with Gasteiger partial charge in [-0.1, -0.05) is 25.0 Å². The first-order chi connectivity index (χ1) is 10.2. The van der Waals surface area contributed by atoms with Gasteiger partial charge in [-0.25, -0.2) is 4.39 Å². The Labute approximate surface area is 127 Å². The van der Waals surface area contributed by atoms with E-state index in [1.54, 1.807) is 12.1 Å². The summed E-state index contributed by atoms with van der Waals surface area (Å²) in [6, 6.07) is 8.45.